The van der Waals surface area contributed by atoms with Crippen LogP contribution in [0.5, 0.6) is 5.75 Å². The predicted molar refractivity (Wildman–Crippen MR) is 90.7 cm³/mol. The molecule has 2 rings (SSSR count). The van der Waals surface area contributed by atoms with Crippen molar-refractivity contribution >= 4 is 11.9 Å². The number of aryl methyl sites for hydroxylation is 1. The number of hydrogen-bond donors (Lipinski definition) is 0. The summed E-state index contributed by atoms with van der Waals surface area (Å²) in [5.74, 6) is 5.58. The minimum atomic E-state index is -0.725. The molecule has 5 nitrogen and oxygen atoms in total. The van der Waals surface area contributed by atoms with Crippen molar-refractivity contribution in [1.82, 2.24) is 0 Å². The van der Waals surface area contributed by atoms with Crippen LogP contribution in [0.1, 0.15) is 16.7 Å². The van der Waals surface area contributed by atoms with E-state index in [4.69, 9.17) is 4.74 Å². The van der Waals surface area contributed by atoms with Crippen LogP contribution in [-0.2, 0) is 14.4 Å². The fraction of sp³-hybridized carbons (Fsp3) is 0.158. The van der Waals surface area contributed by atoms with Crippen LogP contribution >= 0.6 is 0 Å². The molecule has 0 unspecified atom stereocenters. The first-order chi connectivity index (χ1) is 11.6. The van der Waals surface area contributed by atoms with Gasteiger partial charge in [0.1, 0.15) is 12.9 Å². The largest absolute Gasteiger partial charge is 0.462 e. The SMILES string of the molecule is CO/N=C(\Oc1cc(C#Cc2ccccc2)ccc1C)C(=O)OC. The van der Waals surface area contributed by atoms with Crippen LogP contribution in [-0.4, -0.2) is 26.1 Å². The zero-order chi connectivity index (χ0) is 17.4. The normalized spacial score (nSPS) is 10.4. The van der Waals surface area contributed by atoms with E-state index in [0.29, 0.717) is 5.75 Å². The topological polar surface area (TPSA) is 57.1 Å². The number of benzene rings is 2. The van der Waals surface area contributed by atoms with Crippen LogP contribution in [0.15, 0.2) is 53.7 Å². The monoisotopic (exact) mass is 323 g/mol. The first-order valence-electron chi connectivity index (χ1n) is 7.19. The summed E-state index contributed by atoms with van der Waals surface area (Å²) in [7, 11) is 2.56. The van der Waals surface area contributed by atoms with Crippen molar-refractivity contribution < 1.29 is 19.1 Å². The van der Waals surface area contributed by atoms with Crippen LogP contribution in [0.3, 0.4) is 0 Å². The van der Waals surface area contributed by atoms with Crippen molar-refractivity contribution in [1.29, 1.82) is 0 Å². The van der Waals surface area contributed by atoms with E-state index in [1.54, 1.807) is 6.07 Å². The van der Waals surface area contributed by atoms with Crippen LogP contribution in [0.25, 0.3) is 0 Å². The van der Waals surface area contributed by atoms with E-state index in [1.807, 2.05) is 49.4 Å². The number of methoxy groups -OCH3 is 1. The van der Waals surface area contributed by atoms with Gasteiger partial charge >= 0.3 is 11.9 Å². The minimum Gasteiger partial charge on any atom is -0.462 e. The third-order valence-electron chi connectivity index (χ3n) is 3.05. The summed E-state index contributed by atoms with van der Waals surface area (Å²) in [5.41, 5.74) is 2.49. The second-order valence-corrected chi connectivity index (χ2v) is 4.77. The number of oxime groups is 1. The summed E-state index contributed by atoms with van der Waals surface area (Å²) in [5, 5.41) is 3.54. The Labute approximate surface area is 140 Å². The van der Waals surface area contributed by atoms with E-state index >= 15 is 0 Å². The van der Waals surface area contributed by atoms with Crippen molar-refractivity contribution in [2.45, 2.75) is 6.92 Å². The van der Waals surface area contributed by atoms with Gasteiger partial charge in [0.25, 0.3) is 0 Å². The van der Waals surface area contributed by atoms with Crippen LogP contribution in [0, 0.1) is 18.8 Å². The van der Waals surface area contributed by atoms with Crippen molar-refractivity contribution in [3.8, 4) is 17.6 Å². The Morgan fingerprint density at radius 1 is 1.00 bits per heavy atom. The van der Waals surface area contributed by atoms with E-state index in [2.05, 4.69) is 26.6 Å². The lowest BCUT2D eigenvalue weighted by molar-refractivity contribution is -0.134. The molecule has 0 N–H and O–H groups in total. The number of rotatable bonds is 2. The quantitative estimate of drug-likeness (QED) is 0.280. The van der Waals surface area contributed by atoms with Crippen molar-refractivity contribution in [2.24, 2.45) is 5.16 Å². The van der Waals surface area contributed by atoms with Crippen LogP contribution in [0.2, 0.25) is 0 Å². The van der Waals surface area contributed by atoms with E-state index in [9.17, 15) is 4.79 Å². The van der Waals surface area contributed by atoms with Gasteiger partial charge in [0.05, 0.1) is 7.11 Å². The third-order valence-corrected chi connectivity index (χ3v) is 3.05. The van der Waals surface area contributed by atoms with Crippen LogP contribution < -0.4 is 4.74 Å². The smallest absolute Gasteiger partial charge is 0.397 e. The van der Waals surface area contributed by atoms with Gasteiger partial charge in [-0.1, -0.05) is 36.1 Å². The Balaban J connectivity index is 2.27. The number of ether oxygens (including phenoxy) is 2. The zero-order valence-electron chi connectivity index (χ0n) is 13.7. The second kappa shape index (κ2) is 8.39. The Hall–Kier alpha value is -3.26. The Bertz CT molecular complexity index is 801. The molecule has 0 atom stereocenters. The first kappa shape index (κ1) is 17.1. The second-order valence-electron chi connectivity index (χ2n) is 4.77. The number of carbonyl (C=O) groups is 1. The number of hydrogen-bond acceptors (Lipinski definition) is 5. The van der Waals surface area contributed by atoms with Gasteiger partial charge in [-0.15, -0.1) is 0 Å². The molecular weight excluding hydrogens is 306 g/mol. The molecule has 0 radical (unpaired) electrons. The maximum absolute atomic E-state index is 11.6. The maximum Gasteiger partial charge on any atom is 0.397 e. The van der Waals surface area contributed by atoms with Crippen molar-refractivity contribution in [2.75, 3.05) is 14.2 Å². The van der Waals surface area contributed by atoms with E-state index in [-0.39, 0.29) is 5.90 Å². The molecular formula is C19H17NO4. The summed E-state index contributed by atoms with van der Waals surface area (Å²) >= 11 is 0. The lowest BCUT2D eigenvalue weighted by Gasteiger charge is -2.09. The van der Waals surface area contributed by atoms with Gasteiger partial charge < -0.3 is 14.3 Å². The highest BCUT2D eigenvalue weighted by Crippen LogP contribution is 2.20. The minimum absolute atomic E-state index is 0.281. The van der Waals surface area contributed by atoms with Crippen molar-refractivity contribution in [3.63, 3.8) is 0 Å². The van der Waals surface area contributed by atoms with Gasteiger partial charge in [-0.05, 0) is 41.9 Å². The molecule has 0 aliphatic carbocycles. The Kier molecular flexibility index (Phi) is 5.98. The molecule has 2 aromatic carbocycles. The number of nitrogens with zero attached hydrogens (tertiary/aromatic N) is 1. The summed E-state index contributed by atoms with van der Waals surface area (Å²) in [4.78, 5) is 16.2. The highest BCUT2D eigenvalue weighted by Gasteiger charge is 2.17. The third kappa shape index (κ3) is 4.62. The fourth-order valence-corrected chi connectivity index (χ4v) is 1.83. The lowest BCUT2D eigenvalue weighted by Crippen LogP contribution is -2.23. The molecule has 0 bridgehead atoms. The number of esters is 1. The molecule has 24 heavy (non-hydrogen) atoms. The van der Waals surface area contributed by atoms with Gasteiger partial charge in [-0.25, -0.2) is 4.79 Å². The fourth-order valence-electron chi connectivity index (χ4n) is 1.83. The van der Waals surface area contributed by atoms with Gasteiger partial charge in [0.15, 0.2) is 0 Å². The molecule has 0 amide bonds. The van der Waals surface area contributed by atoms with Gasteiger partial charge in [0, 0.05) is 11.1 Å². The summed E-state index contributed by atoms with van der Waals surface area (Å²) < 4.78 is 10.1. The molecule has 0 saturated heterocycles. The van der Waals surface area contributed by atoms with E-state index in [1.165, 1.54) is 14.2 Å². The van der Waals surface area contributed by atoms with Gasteiger partial charge in [0.2, 0.25) is 0 Å². The summed E-state index contributed by atoms with van der Waals surface area (Å²) in [6.45, 7) is 1.85. The number of carbonyl (C=O) groups excluding carboxylic acids is 1. The molecule has 0 aliphatic heterocycles. The highest BCUT2D eigenvalue weighted by atomic mass is 16.6. The summed E-state index contributed by atoms with van der Waals surface area (Å²) in [6, 6.07) is 15.1. The van der Waals surface area contributed by atoms with Crippen molar-refractivity contribution in [3.05, 3.63) is 65.2 Å². The average Bonchev–Trinajstić information content (AvgIpc) is 2.62. The molecule has 2 aromatic rings. The molecule has 0 spiro atoms. The Morgan fingerprint density at radius 3 is 2.38 bits per heavy atom. The lowest BCUT2D eigenvalue weighted by atomic mass is 10.1. The first-order valence-corrected chi connectivity index (χ1v) is 7.19. The Morgan fingerprint density at radius 2 is 1.71 bits per heavy atom. The molecule has 0 saturated carbocycles. The maximum atomic E-state index is 11.6. The molecule has 0 aromatic heterocycles. The molecule has 5 heteroatoms. The molecule has 0 heterocycles. The standard InChI is InChI=1S/C19H17NO4/c1-14-9-10-16(12-11-15-7-5-4-6-8-15)13-17(14)24-18(20-23-3)19(21)22-2/h4-10,13H,1-3H3/b20-18-. The molecule has 122 valence electrons. The predicted octanol–water partition coefficient (Wildman–Crippen LogP) is 2.91. The summed E-state index contributed by atoms with van der Waals surface area (Å²) in [6.07, 6.45) is 0. The van der Waals surface area contributed by atoms with Crippen LogP contribution in [0.4, 0.5) is 0 Å². The average molecular weight is 323 g/mol. The highest BCUT2D eigenvalue weighted by molar-refractivity contribution is 6.33. The molecule has 0 aliphatic rings. The van der Waals surface area contributed by atoms with E-state index in [0.717, 1.165) is 16.7 Å². The van der Waals surface area contributed by atoms with Gasteiger partial charge in [-0.3, -0.25) is 0 Å². The molecule has 0 fully saturated rings. The zero-order valence-corrected chi connectivity index (χ0v) is 13.7. The van der Waals surface area contributed by atoms with Gasteiger partial charge in [-0.2, -0.15) is 0 Å². The van der Waals surface area contributed by atoms with E-state index < -0.39 is 5.97 Å².